The lowest BCUT2D eigenvalue weighted by atomic mass is 10.3. The number of aliphatic hydroxyl groups is 1. The van der Waals surface area contributed by atoms with Crippen molar-refractivity contribution in [3.05, 3.63) is 24.3 Å². The van der Waals surface area contributed by atoms with Gasteiger partial charge in [0.25, 0.3) is 0 Å². The van der Waals surface area contributed by atoms with Gasteiger partial charge >= 0.3 is 0 Å². The van der Waals surface area contributed by atoms with Crippen molar-refractivity contribution in [3.8, 4) is 0 Å². The molecule has 3 nitrogen and oxygen atoms in total. The molecule has 0 aromatic heterocycles. The fraction of sp³-hybridized carbons (Fsp3) is 0.333. The molecule has 1 atom stereocenters. The van der Waals surface area contributed by atoms with Gasteiger partial charge in [0.05, 0.1) is 13.2 Å². The Morgan fingerprint density at radius 1 is 1.62 bits per heavy atom. The quantitative estimate of drug-likeness (QED) is 0.358. The average molecular weight is 199 g/mol. The molecule has 1 aromatic rings. The van der Waals surface area contributed by atoms with E-state index in [2.05, 4.69) is 17.4 Å². The number of hydrogen-bond acceptors (Lipinski definition) is 4. The maximum absolute atomic E-state index is 8.08. The summed E-state index contributed by atoms with van der Waals surface area (Å²) in [5, 5.41) is 8.08. The van der Waals surface area contributed by atoms with Gasteiger partial charge in [-0.15, -0.1) is 12.6 Å². The maximum atomic E-state index is 8.08. The van der Waals surface area contributed by atoms with E-state index in [9.17, 15) is 0 Å². The first-order valence-electron chi connectivity index (χ1n) is 3.99. The summed E-state index contributed by atoms with van der Waals surface area (Å²) in [7, 11) is 0. The zero-order chi connectivity index (χ0) is 9.68. The number of aliphatic hydroxyl groups excluding tert-OH is 1. The normalized spacial score (nSPS) is 18.8. The number of anilines is 1. The van der Waals surface area contributed by atoms with Crippen LogP contribution in [0, 0.1) is 0 Å². The van der Waals surface area contributed by atoms with E-state index in [1.807, 2.05) is 24.3 Å². The molecule has 0 saturated carbocycles. The summed E-state index contributed by atoms with van der Waals surface area (Å²) in [5.41, 5.74) is 6.17. The molecule has 1 heterocycles. The molecule has 0 spiro atoms. The van der Waals surface area contributed by atoms with Gasteiger partial charge in [0.15, 0.2) is 0 Å². The molecule has 1 aliphatic rings. The van der Waals surface area contributed by atoms with E-state index in [1.165, 1.54) is 0 Å². The highest BCUT2D eigenvalue weighted by molar-refractivity contribution is 7.80. The Balaban J connectivity index is 0.000000145. The first kappa shape index (κ1) is 10.4. The largest absolute Gasteiger partial charge is 0.399 e. The van der Waals surface area contributed by atoms with E-state index >= 15 is 0 Å². The summed E-state index contributed by atoms with van der Waals surface area (Å²) in [4.78, 5) is 0.907. The van der Waals surface area contributed by atoms with Crippen molar-refractivity contribution in [1.29, 1.82) is 0 Å². The number of rotatable bonds is 1. The third kappa shape index (κ3) is 4.77. The first-order valence-corrected chi connectivity index (χ1v) is 4.44. The number of thiol groups is 1. The number of nitrogen functional groups attached to an aromatic ring is 1. The zero-order valence-corrected chi connectivity index (χ0v) is 8.08. The molecule has 0 amide bonds. The van der Waals surface area contributed by atoms with E-state index < -0.39 is 0 Å². The topological polar surface area (TPSA) is 58.8 Å². The minimum atomic E-state index is 0.190. The Morgan fingerprint density at radius 2 is 2.31 bits per heavy atom. The Labute approximate surface area is 82.9 Å². The van der Waals surface area contributed by atoms with Crippen LogP contribution in [0.4, 0.5) is 5.69 Å². The number of benzene rings is 1. The van der Waals surface area contributed by atoms with Crippen LogP contribution in [0.25, 0.3) is 0 Å². The molecule has 1 aromatic carbocycles. The molecule has 1 fully saturated rings. The molecular formula is C9H13NO2S. The van der Waals surface area contributed by atoms with Crippen LogP contribution >= 0.6 is 12.6 Å². The van der Waals surface area contributed by atoms with Crippen molar-refractivity contribution in [2.45, 2.75) is 11.0 Å². The highest BCUT2D eigenvalue weighted by atomic mass is 32.1. The molecule has 4 heteroatoms. The lowest BCUT2D eigenvalue weighted by Gasteiger charge is -1.90. The van der Waals surface area contributed by atoms with Crippen molar-refractivity contribution in [2.24, 2.45) is 0 Å². The van der Waals surface area contributed by atoms with Crippen molar-refractivity contribution in [3.63, 3.8) is 0 Å². The minimum absolute atomic E-state index is 0.190. The molecule has 1 unspecified atom stereocenters. The van der Waals surface area contributed by atoms with Crippen LogP contribution in [0.5, 0.6) is 0 Å². The predicted octanol–water partition coefficient (Wildman–Crippen LogP) is 0.935. The van der Waals surface area contributed by atoms with Gasteiger partial charge in [-0.25, -0.2) is 0 Å². The highest BCUT2D eigenvalue weighted by Gasteiger charge is 2.19. The van der Waals surface area contributed by atoms with Crippen LogP contribution in [-0.2, 0) is 4.74 Å². The third-order valence-electron chi connectivity index (χ3n) is 1.48. The first-order chi connectivity index (χ1) is 6.22. The number of hydrogen-bond donors (Lipinski definition) is 3. The smallest absolute Gasteiger partial charge is 0.104 e. The van der Waals surface area contributed by atoms with Crippen LogP contribution < -0.4 is 5.73 Å². The van der Waals surface area contributed by atoms with Crippen LogP contribution in [-0.4, -0.2) is 24.4 Å². The van der Waals surface area contributed by atoms with Crippen molar-refractivity contribution in [2.75, 3.05) is 18.9 Å². The third-order valence-corrected chi connectivity index (χ3v) is 1.75. The van der Waals surface area contributed by atoms with Crippen LogP contribution in [0.1, 0.15) is 0 Å². The Bertz CT molecular complexity index is 246. The molecular weight excluding hydrogens is 186 g/mol. The van der Waals surface area contributed by atoms with Gasteiger partial charge in [0.2, 0.25) is 0 Å². The molecule has 1 saturated heterocycles. The standard InChI is InChI=1S/C6H7NS.C3H6O2/c7-5-2-1-3-6(8)4-5;4-1-3-2-5-3/h1-4,8H,7H2;3-4H,1-2H2. The van der Waals surface area contributed by atoms with Crippen molar-refractivity contribution < 1.29 is 9.84 Å². The second-order valence-corrected chi connectivity index (χ2v) is 3.25. The van der Waals surface area contributed by atoms with E-state index in [4.69, 9.17) is 10.8 Å². The number of epoxide rings is 1. The van der Waals surface area contributed by atoms with Gasteiger partial charge in [-0.1, -0.05) is 6.07 Å². The van der Waals surface area contributed by atoms with Gasteiger partial charge in [-0.05, 0) is 18.2 Å². The van der Waals surface area contributed by atoms with E-state index in [0.717, 1.165) is 17.2 Å². The molecule has 3 N–H and O–H groups in total. The van der Waals surface area contributed by atoms with E-state index in [1.54, 1.807) is 0 Å². The van der Waals surface area contributed by atoms with Crippen molar-refractivity contribution >= 4 is 18.3 Å². The molecule has 0 aliphatic carbocycles. The summed E-state index contributed by atoms with van der Waals surface area (Å²) >= 11 is 4.07. The lowest BCUT2D eigenvalue weighted by molar-refractivity contribution is 0.244. The summed E-state index contributed by atoms with van der Waals surface area (Å²) in [6.45, 7) is 0.955. The molecule has 13 heavy (non-hydrogen) atoms. The summed E-state index contributed by atoms with van der Waals surface area (Å²) in [5.74, 6) is 0. The van der Waals surface area contributed by atoms with Gasteiger partial charge in [-0.2, -0.15) is 0 Å². The maximum Gasteiger partial charge on any atom is 0.104 e. The monoisotopic (exact) mass is 199 g/mol. The van der Waals surface area contributed by atoms with Gasteiger partial charge in [-0.3, -0.25) is 0 Å². The molecule has 1 aliphatic heterocycles. The van der Waals surface area contributed by atoms with Gasteiger partial charge in [0.1, 0.15) is 6.10 Å². The number of ether oxygens (including phenoxy) is 1. The highest BCUT2D eigenvalue weighted by Crippen LogP contribution is 2.08. The lowest BCUT2D eigenvalue weighted by Crippen LogP contribution is -1.88. The van der Waals surface area contributed by atoms with Crippen LogP contribution in [0.3, 0.4) is 0 Å². The van der Waals surface area contributed by atoms with Crippen LogP contribution in [0.2, 0.25) is 0 Å². The molecule has 0 bridgehead atoms. The SMILES string of the molecule is Nc1cccc(S)c1.OCC1CO1. The second kappa shape index (κ2) is 5.11. The average Bonchev–Trinajstić information content (AvgIpc) is 2.87. The second-order valence-electron chi connectivity index (χ2n) is 2.73. The van der Waals surface area contributed by atoms with E-state index in [0.29, 0.717) is 0 Å². The zero-order valence-electron chi connectivity index (χ0n) is 7.18. The summed E-state index contributed by atoms with van der Waals surface area (Å²) in [6.07, 6.45) is 0.190. The Kier molecular flexibility index (Phi) is 4.08. The number of nitrogens with two attached hydrogens (primary N) is 1. The Hall–Kier alpha value is -0.710. The minimum Gasteiger partial charge on any atom is -0.399 e. The van der Waals surface area contributed by atoms with E-state index in [-0.39, 0.29) is 12.7 Å². The predicted molar refractivity (Wildman–Crippen MR) is 54.9 cm³/mol. The van der Waals surface area contributed by atoms with Gasteiger partial charge < -0.3 is 15.6 Å². The van der Waals surface area contributed by atoms with Crippen molar-refractivity contribution in [1.82, 2.24) is 0 Å². The van der Waals surface area contributed by atoms with Crippen LogP contribution in [0.15, 0.2) is 29.2 Å². The fourth-order valence-corrected chi connectivity index (χ4v) is 0.933. The molecule has 72 valence electrons. The van der Waals surface area contributed by atoms with Gasteiger partial charge in [0, 0.05) is 10.6 Å². The summed E-state index contributed by atoms with van der Waals surface area (Å²) in [6, 6.07) is 7.40. The Morgan fingerprint density at radius 3 is 2.54 bits per heavy atom. The summed E-state index contributed by atoms with van der Waals surface area (Å²) < 4.78 is 4.61. The fourth-order valence-electron chi connectivity index (χ4n) is 0.698. The molecule has 2 rings (SSSR count). The molecule has 0 radical (unpaired) electrons.